The van der Waals surface area contributed by atoms with Crippen molar-refractivity contribution < 1.29 is 17.9 Å². The van der Waals surface area contributed by atoms with Gasteiger partial charge >= 0.3 is 0 Å². The quantitative estimate of drug-likeness (QED) is 0.619. The number of halogens is 1. The third-order valence-corrected chi connectivity index (χ3v) is 4.60. The first-order chi connectivity index (χ1) is 10.6. The van der Waals surface area contributed by atoms with Gasteiger partial charge in [0, 0.05) is 36.7 Å². The van der Waals surface area contributed by atoms with Crippen LogP contribution in [0.3, 0.4) is 0 Å². The van der Waals surface area contributed by atoms with Gasteiger partial charge in [0.1, 0.15) is 0 Å². The Kier molecular flexibility index (Phi) is 5.78. The fourth-order valence-electron chi connectivity index (χ4n) is 2.06. The van der Waals surface area contributed by atoms with Crippen molar-refractivity contribution in [3.05, 3.63) is 36.4 Å². The molecule has 120 valence electrons. The minimum atomic E-state index is -3.81. The highest BCUT2D eigenvalue weighted by Crippen LogP contribution is 2.24. The van der Waals surface area contributed by atoms with Crippen molar-refractivity contribution in [1.29, 1.82) is 0 Å². The number of rotatable bonds is 8. The molecule has 6 nitrogen and oxygen atoms in total. The highest BCUT2D eigenvalue weighted by molar-refractivity contribution is 7.89. The van der Waals surface area contributed by atoms with E-state index in [1.54, 1.807) is 12.1 Å². The molecule has 1 aromatic carbocycles. The molecule has 0 radical (unpaired) electrons. The minimum absolute atomic E-state index is 0.0400. The summed E-state index contributed by atoms with van der Waals surface area (Å²) in [6.07, 6.45) is 3.03. The number of fused-ring (bicyclic) bond motifs is 1. The maximum atomic E-state index is 13.9. The molecule has 2 aromatic rings. The molecule has 2 rings (SSSR count). The summed E-state index contributed by atoms with van der Waals surface area (Å²) >= 11 is 0. The zero-order chi connectivity index (χ0) is 16.0. The summed E-state index contributed by atoms with van der Waals surface area (Å²) in [5.41, 5.74) is 0. The van der Waals surface area contributed by atoms with Gasteiger partial charge in [0.2, 0.25) is 10.0 Å². The van der Waals surface area contributed by atoms with E-state index in [-0.39, 0.29) is 23.4 Å². The maximum Gasteiger partial charge on any atom is 0.241 e. The van der Waals surface area contributed by atoms with Gasteiger partial charge in [-0.1, -0.05) is 12.1 Å². The Morgan fingerprint density at radius 1 is 1.18 bits per heavy atom. The largest absolute Gasteiger partial charge is 0.396 e. The molecule has 0 unspecified atom stereocenters. The lowest BCUT2D eigenvalue weighted by molar-refractivity contribution is 0.286. The molecule has 0 aliphatic rings. The van der Waals surface area contributed by atoms with E-state index in [1.165, 1.54) is 12.3 Å². The van der Waals surface area contributed by atoms with Crippen LogP contribution in [0.2, 0.25) is 0 Å². The molecule has 0 spiro atoms. The second kappa shape index (κ2) is 7.59. The molecule has 0 fully saturated rings. The Labute approximate surface area is 128 Å². The molecule has 0 atom stereocenters. The zero-order valence-electron chi connectivity index (χ0n) is 11.9. The molecule has 0 aliphatic heterocycles. The number of benzene rings is 1. The van der Waals surface area contributed by atoms with Crippen molar-refractivity contribution in [2.45, 2.75) is 11.3 Å². The van der Waals surface area contributed by atoms with Gasteiger partial charge in [0.15, 0.2) is 5.82 Å². The Bertz CT molecular complexity index is 732. The Balaban J connectivity index is 2.13. The third kappa shape index (κ3) is 3.98. The van der Waals surface area contributed by atoms with Gasteiger partial charge in [-0.2, -0.15) is 0 Å². The van der Waals surface area contributed by atoms with E-state index in [0.29, 0.717) is 24.9 Å². The number of hydrogen-bond acceptors (Lipinski definition) is 5. The van der Waals surface area contributed by atoms with Gasteiger partial charge in [0.05, 0.1) is 11.1 Å². The summed E-state index contributed by atoms with van der Waals surface area (Å²) in [7, 11) is -3.81. The van der Waals surface area contributed by atoms with Crippen LogP contribution in [-0.2, 0) is 10.0 Å². The molecule has 8 heteroatoms. The Morgan fingerprint density at radius 2 is 2.00 bits per heavy atom. The Morgan fingerprint density at radius 3 is 2.77 bits per heavy atom. The number of nitrogens with one attached hydrogen (secondary N) is 2. The van der Waals surface area contributed by atoms with Crippen molar-refractivity contribution in [3.63, 3.8) is 0 Å². The monoisotopic (exact) mass is 327 g/mol. The predicted octanol–water partition coefficient (Wildman–Crippen LogP) is 0.624. The molecule has 0 saturated carbocycles. The normalized spacial score (nSPS) is 11.9. The highest BCUT2D eigenvalue weighted by Gasteiger charge is 2.19. The number of pyridine rings is 1. The lowest BCUT2D eigenvalue weighted by Crippen LogP contribution is -2.32. The SMILES string of the molecule is O=S(=O)(NCCNCCCO)c1cccc2cncc(F)c12. The van der Waals surface area contributed by atoms with Gasteiger partial charge in [-0.15, -0.1) is 0 Å². The van der Waals surface area contributed by atoms with Crippen LogP contribution in [-0.4, -0.2) is 44.7 Å². The lowest BCUT2D eigenvalue weighted by Gasteiger charge is -2.10. The fourth-order valence-corrected chi connectivity index (χ4v) is 3.33. The van der Waals surface area contributed by atoms with Crippen LogP contribution in [0.15, 0.2) is 35.5 Å². The first kappa shape index (κ1) is 16.8. The van der Waals surface area contributed by atoms with E-state index in [1.807, 2.05) is 0 Å². The van der Waals surface area contributed by atoms with E-state index in [2.05, 4.69) is 15.0 Å². The summed E-state index contributed by atoms with van der Waals surface area (Å²) < 4.78 is 41.0. The van der Waals surface area contributed by atoms with Gasteiger partial charge < -0.3 is 10.4 Å². The lowest BCUT2D eigenvalue weighted by atomic mass is 10.2. The van der Waals surface area contributed by atoms with Gasteiger partial charge in [0.25, 0.3) is 0 Å². The second-order valence-electron chi connectivity index (χ2n) is 4.70. The molecule has 0 aliphatic carbocycles. The van der Waals surface area contributed by atoms with E-state index in [0.717, 1.165) is 6.20 Å². The summed E-state index contributed by atoms with van der Waals surface area (Å²) in [6, 6.07) is 4.53. The molecule has 1 aromatic heterocycles. The average Bonchev–Trinajstić information content (AvgIpc) is 2.50. The van der Waals surface area contributed by atoms with Crippen LogP contribution in [0.4, 0.5) is 4.39 Å². The number of sulfonamides is 1. The highest BCUT2D eigenvalue weighted by atomic mass is 32.2. The number of aliphatic hydroxyl groups is 1. The van der Waals surface area contributed by atoms with Gasteiger partial charge in [-0.25, -0.2) is 17.5 Å². The van der Waals surface area contributed by atoms with Gasteiger partial charge in [-0.05, 0) is 19.0 Å². The Hall–Kier alpha value is -1.61. The number of nitrogens with zero attached hydrogens (tertiary/aromatic N) is 1. The number of aliphatic hydroxyl groups excluding tert-OH is 1. The third-order valence-electron chi connectivity index (χ3n) is 3.09. The van der Waals surface area contributed by atoms with Crippen LogP contribution in [0, 0.1) is 5.82 Å². The standard InChI is InChI=1S/C14H18FN3O3S/c15-12-10-17-9-11-3-1-4-13(14(11)12)22(20,21)18-7-6-16-5-2-8-19/h1,3-4,9-10,16,18-19H,2,5-8H2. The van der Waals surface area contributed by atoms with E-state index < -0.39 is 15.8 Å². The fraction of sp³-hybridized carbons (Fsp3) is 0.357. The summed E-state index contributed by atoms with van der Waals surface area (Å²) in [5, 5.41) is 12.1. The van der Waals surface area contributed by atoms with E-state index >= 15 is 0 Å². The smallest absolute Gasteiger partial charge is 0.241 e. The summed E-state index contributed by atoms with van der Waals surface area (Å²) in [6.45, 7) is 1.29. The van der Waals surface area contributed by atoms with Crippen molar-refractivity contribution in [3.8, 4) is 0 Å². The molecule has 0 bridgehead atoms. The predicted molar refractivity (Wildman–Crippen MR) is 81.5 cm³/mol. The van der Waals surface area contributed by atoms with Crippen molar-refractivity contribution >= 4 is 20.8 Å². The average molecular weight is 327 g/mol. The van der Waals surface area contributed by atoms with Crippen molar-refractivity contribution in [2.75, 3.05) is 26.2 Å². The number of aromatic nitrogens is 1. The molecule has 22 heavy (non-hydrogen) atoms. The molecular weight excluding hydrogens is 309 g/mol. The van der Waals surface area contributed by atoms with Crippen LogP contribution in [0.1, 0.15) is 6.42 Å². The van der Waals surface area contributed by atoms with Crippen molar-refractivity contribution in [1.82, 2.24) is 15.0 Å². The number of hydrogen-bond donors (Lipinski definition) is 3. The summed E-state index contributed by atoms with van der Waals surface area (Å²) in [4.78, 5) is 3.62. The van der Waals surface area contributed by atoms with Crippen molar-refractivity contribution in [2.24, 2.45) is 0 Å². The van der Waals surface area contributed by atoms with E-state index in [4.69, 9.17) is 5.11 Å². The maximum absolute atomic E-state index is 13.9. The van der Waals surface area contributed by atoms with E-state index in [9.17, 15) is 12.8 Å². The molecule has 0 amide bonds. The molecule has 1 heterocycles. The van der Waals surface area contributed by atoms with Gasteiger partial charge in [-0.3, -0.25) is 4.98 Å². The molecular formula is C14H18FN3O3S. The van der Waals surface area contributed by atoms with Crippen LogP contribution in [0.25, 0.3) is 10.8 Å². The zero-order valence-corrected chi connectivity index (χ0v) is 12.7. The second-order valence-corrected chi connectivity index (χ2v) is 6.44. The molecule has 0 saturated heterocycles. The first-order valence-electron chi connectivity index (χ1n) is 6.90. The molecule has 3 N–H and O–H groups in total. The van der Waals surface area contributed by atoms with Crippen LogP contribution < -0.4 is 10.0 Å². The van der Waals surface area contributed by atoms with Crippen LogP contribution >= 0.6 is 0 Å². The van der Waals surface area contributed by atoms with Crippen LogP contribution in [0.5, 0.6) is 0 Å². The topological polar surface area (TPSA) is 91.3 Å². The minimum Gasteiger partial charge on any atom is -0.396 e. The first-order valence-corrected chi connectivity index (χ1v) is 8.38. The summed E-state index contributed by atoms with van der Waals surface area (Å²) in [5.74, 6) is -0.667.